The summed E-state index contributed by atoms with van der Waals surface area (Å²) in [6.07, 6.45) is 3.10. The Hall–Kier alpha value is -2.58. The van der Waals surface area contributed by atoms with Gasteiger partial charge >= 0.3 is 5.16 Å². The second kappa shape index (κ2) is 7.35. The smallest absolute Gasteiger partial charge is 0.344 e. The quantitative estimate of drug-likeness (QED) is 0.503. The van der Waals surface area contributed by atoms with Crippen molar-refractivity contribution in [1.29, 1.82) is 0 Å². The van der Waals surface area contributed by atoms with Crippen molar-refractivity contribution in [2.24, 2.45) is 0 Å². The van der Waals surface area contributed by atoms with Gasteiger partial charge in [0.2, 0.25) is 0 Å². The number of hydrogen-bond acceptors (Lipinski definition) is 6. The molecule has 0 radical (unpaired) electrons. The number of aromatic nitrogens is 3. The van der Waals surface area contributed by atoms with E-state index in [-0.39, 0.29) is 10.7 Å². The number of methoxy groups -OCH3 is 2. The maximum atomic E-state index is 13.0. The van der Waals surface area contributed by atoms with E-state index in [1.807, 2.05) is 6.92 Å². The van der Waals surface area contributed by atoms with Crippen molar-refractivity contribution in [2.45, 2.75) is 18.6 Å². The van der Waals surface area contributed by atoms with Crippen molar-refractivity contribution < 1.29 is 14.0 Å². The van der Waals surface area contributed by atoms with Crippen LogP contribution in [0.4, 0.5) is 0 Å². The van der Waals surface area contributed by atoms with Crippen LogP contribution in [-0.4, -0.2) is 39.6 Å². The third kappa shape index (κ3) is 3.25. The Labute approximate surface area is 153 Å². The lowest BCUT2D eigenvalue weighted by molar-refractivity contribution is 0.394. The zero-order valence-electron chi connectivity index (χ0n) is 15.0. The summed E-state index contributed by atoms with van der Waals surface area (Å²) in [5.41, 5.74) is 1.45. The molecule has 0 bridgehead atoms. The summed E-state index contributed by atoms with van der Waals surface area (Å²) in [5.74, 6) is 1.18. The van der Waals surface area contributed by atoms with E-state index in [1.54, 1.807) is 49.2 Å². The first-order valence-corrected chi connectivity index (χ1v) is 9.51. The van der Waals surface area contributed by atoms with Gasteiger partial charge in [0.05, 0.1) is 14.2 Å². The van der Waals surface area contributed by atoms with E-state index in [2.05, 4.69) is 9.97 Å². The average molecular weight is 373 g/mol. The van der Waals surface area contributed by atoms with Crippen LogP contribution in [0.5, 0.6) is 11.5 Å². The minimum atomic E-state index is -1.32. The molecule has 1 unspecified atom stereocenters. The van der Waals surface area contributed by atoms with Crippen molar-refractivity contribution in [1.82, 2.24) is 14.5 Å². The number of ether oxygens (including phenoxy) is 2. The maximum Gasteiger partial charge on any atom is 0.344 e. The molecule has 0 aliphatic rings. The van der Waals surface area contributed by atoms with Crippen LogP contribution < -0.4 is 15.0 Å². The molecule has 0 amide bonds. The van der Waals surface area contributed by atoms with Gasteiger partial charge < -0.3 is 14.0 Å². The number of benzene rings is 1. The van der Waals surface area contributed by atoms with Gasteiger partial charge in [-0.1, -0.05) is 0 Å². The van der Waals surface area contributed by atoms with E-state index >= 15 is 0 Å². The SMILES string of the molecule is CCn1c(=O)c(-c2cc(OC)cc(OC)c2)cc2cnc([S+](C)[O-])nc21. The van der Waals surface area contributed by atoms with Gasteiger partial charge in [0.1, 0.15) is 17.8 Å². The Morgan fingerprint density at radius 1 is 1.15 bits per heavy atom. The van der Waals surface area contributed by atoms with Crippen LogP contribution in [0.3, 0.4) is 0 Å². The number of fused-ring (bicyclic) bond motifs is 1. The van der Waals surface area contributed by atoms with Crippen molar-refractivity contribution >= 4 is 22.2 Å². The van der Waals surface area contributed by atoms with Crippen LogP contribution in [0.2, 0.25) is 0 Å². The van der Waals surface area contributed by atoms with Crippen molar-refractivity contribution in [3.8, 4) is 22.6 Å². The molecule has 2 heterocycles. The van der Waals surface area contributed by atoms with Crippen molar-refractivity contribution in [2.75, 3.05) is 20.5 Å². The van der Waals surface area contributed by atoms with Crippen LogP contribution in [0.25, 0.3) is 22.2 Å². The average Bonchev–Trinajstić information content (AvgIpc) is 2.66. The third-order valence-electron chi connectivity index (χ3n) is 4.04. The lowest BCUT2D eigenvalue weighted by Crippen LogP contribution is -2.23. The number of hydrogen-bond donors (Lipinski definition) is 0. The fourth-order valence-electron chi connectivity index (χ4n) is 2.74. The minimum Gasteiger partial charge on any atom is -0.609 e. The molecule has 0 saturated heterocycles. The van der Waals surface area contributed by atoms with Gasteiger partial charge in [-0.15, -0.1) is 0 Å². The Morgan fingerprint density at radius 2 is 1.81 bits per heavy atom. The van der Waals surface area contributed by atoms with E-state index in [1.165, 1.54) is 6.26 Å². The molecule has 1 atom stereocenters. The lowest BCUT2D eigenvalue weighted by Gasteiger charge is -2.13. The summed E-state index contributed by atoms with van der Waals surface area (Å²) < 4.78 is 23.8. The highest BCUT2D eigenvalue weighted by molar-refractivity contribution is 7.90. The summed E-state index contributed by atoms with van der Waals surface area (Å²) >= 11 is -1.32. The van der Waals surface area contributed by atoms with Crippen LogP contribution in [0.15, 0.2) is 40.4 Å². The van der Waals surface area contributed by atoms with Gasteiger partial charge in [-0.25, -0.2) is 0 Å². The summed E-state index contributed by atoms with van der Waals surface area (Å²) in [6.45, 7) is 2.29. The second-order valence-electron chi connectivity index (χ2n) is 5.59. The second-order valence-corrected chi connectivity index (χ2v) is 6.87. The highest BCUT2D eigenvalue weighted by atomic mass is 32.2. The first-order valence-electron chi connectivity index (χ1n) is 7.96. The van der Waals surface area contributed by atoms with Crippen LogP contribution >= 0.6 is 0 Å². The molecule has 26 heavy (non-hydrogen) atoms. The summed E-state index contributed by atoms with van der Waals surface area (Å²) in [5, 5.41) is 0.896. The number of aryl methyl sites for hydroxylation is 1. The Kier molecular flexibility index (Phi) is 5.15. The molecule has 0 aliphatic heterocycles. The van der Waals surface area contributed by atoms with Crippen LogP contribution in [0.1, 0.15) is 6.92 Å². The fraction of sp³-hybridized carbons (Fsp3) is 0.278. The third-order valence-corrected chi connectivity index (χ3v) is 4.75. The molecule has 0 fully saturated rings. The molecule has 136 valence electrons. The maximum absolute atomic E-state index is 13.0. The molecule has 1 aromatic carbocycles. The molecule has 3 aromatic rings. The highest BCUT2D eigenvalue weighted by Crippen LogP contribution is 2.29. The Bertz CT molecular complexity index is 995. The molecule has 0 N–H and O–H groups in total. The molecular weight excluding hydrogens is 354 g/mol. The molecule has 2 aromatic heterocycles. The van der Waals surface area contributed by atoms with E-state index in [4.69, 9.17) is 9.47 Å². The monoisotopic (exact) mass is 373 g/mol. The van der Waals surface area contributed by atoms with Gasteiger partial charge in [-0.05, 0) is 30.7 Å². The predicted molar refractivity (Wildman–Crippen MR) is 100 cm³/mol. The summed E-state index contributed by atoms with van der Waals surface area (Å²) in [7, 11) is 3.12. The molecule has 0 aliphatic carbocycles. The molecule has 3 rings (SSSR count). The summed E-state index contributed by atoms with van der Waals surface area (Å²) in [4.78, 5) is 21.5. The molecule has 0 spiro atoms. The normalized spacial score (nSPS) is 12.2. The fourth-order valence-corrected chi connectivity index (χ4v) is 3.16. The van der Waals surface area contributed by atoms with Gasteiger partial charge in [-0.3, -0.25) is 9.36 Å². The Morgan fingerprint density at radius 3 is 2.35 bits per heavy atom. The Balaban J connectivity index is 2.30. The molecule has 7 nitrogen and oxygen atoms in total. The van der Waals surface area contributed by atoms with Gasteiger partial charge in [-0.2, -0.15) is 9.97 Å². The largest absolute Gasteiger partial charge is 0.609 e. The topological polar surface area (TPSA) is 89.3 Å². The standard InChI is InChI=1S/C18H19N3O4S/c1-5-21-16-12(10-19-18(20-16)26(4)23)8-15(17(21)22)11-6-13(24-2)9-14(7-11)25-3/h6-10H,5H2,1-4H3. The zero-order valence-corrected chi connectivity index (χ0v) is 15.8. The van der Waals surface area contributed by atoms with Crippen LogP contribution in [-0.2, 0) is 17.7 Å². The highest BCUT2D eigenvalue weighted by Gasteiger charge is 2.16. The number of nitrogens with zero attached hydrogens (tertiary/aromatic N) is 3. The predicted octanol–water partition coefficient (Wildman–Crippen LogP) is 2.23. The minimum absolute atomic E-state index is 0.193. The number of rotatable bonds is 5. The van der Waals surface area contributed by atoms with Crippen LogP contribution in [0, 0.1) is 0 Å². The molecule has 8 heteroatoms. The van der Waals surface area contributed by atoms with E-state index in [9.17, 15) is 9.35 Å². The summed E-state index contributed by atoms with van der Waals surface area (Å²) in [6, 6.07) is 7.04. The van der Waals surface area contributed by atoms with Gasteiger partial charge in [0, 0.05) is 40.9 Å². The van der Waals surface area contributed by atoms with Crippen molar-refractivity contribution in [3.63, 3.8) is 0 Å². The van der Waals surface area contributed by atoms with Crippen molar-refractivity contribution in [3.05, 3.63) is 40.8 Å². The van der Waals surface area contributed by atoms with Gasteiger partial charge in [0.15, 0.2) is 5.65 Å². The van der Waals surface area contributed by atoms with E-state index < -0.39 is 11.2 Å². The number of pyridine rings is 1. The molecular formula is C18H19N3O4S. The van der Waals surface area contributed by atoms with Gasteiger partial charge in [0.25, 0.3) is 5.56 Å². The zero-order chi connectivity index (χ0) is 18.8. The van der Waals surface area contributed by atoms with E-state index in [0.717, 1.165) is 0 Å². The van der Waals surface area contributed by atoms with E-state index in [0.29, 0.717) is 40.2 Å². The lowest BCUT2D eigenvalue weighted by atomic mass is 10.1. The first-order chi connectivity index (χ1) is 12.5. The molecule has 0 saturated carbocycles. The first kappa shape index (κ1) is 18.2.